The molecule has 0 saturated carbocycles. The fourth-order valence-corrected chi connectivity index (χ4v) is 3.58. The molecule has 3 aromatic heterocycles. The summed E-state index contributed by atoms with van der Waals surface area (Å²) in [6.07, 6.45) is 2.15. The molecule has 0 radical (unpaired) electrons. The van der Waals surface area contributed by atoms with E-state index in [4.69, 9.17) is 11.6 Å². The molecule has 0 fully saturated rings. The van der Waals surface area contributed by atoms with Gasteiger partial charge in [-0.15, -0.1) is 0 Å². The lowest BCUT2D eigenvalue weighted by atomic mass is 10.1. The number of pyridine rings is 2. The van der Waals surface area contributed by atoms with Crippen LogP contribution in [0.2, 0.25) is 5.02 Å². The Hall–Kier alpha value is -2.18. The minimum atomic E-state index is -3.02. The van der Waals surface area contributed by atoms with Crippen molar-refractivity contribution in [3.05, 3.63) is 41.2 Å². The molecule has 0 aliphatic rings. The van der Waals surface area contributed by atoms with Crippen molar-refractivity contribution in [2.24, 2.45) is 0 Å². The Morgan fingerprint density at radius 2 is 2.19 bits per heavy atom. The molecule has 31 heavy (non-hydrogen) atoms. The number of rotatable bonds is 8. The number of nitrogens with zero attached hydrogens (tertiary/aromatic N) is 2. The van der Waals surface area contributed by atoms with Crippen LogP contribution in [0.1, 0.15) is 12.5 Å². The van der Waals surface area contributed by atoms with Crippen LogP contribution < -0.4 is 10.6 Å². The molecule has 0 unspecified atom stereocenters. The molecule has 0 aliphatic heterocycles. The van der Waals surface area contributed by atoms with E-state index in [1.54, 1.807) is 24.4 Å². The van der Waals surface area contributed by atoms with Crippen LogP contribution in [-0.2, 0) is 4.79 Å². The summed E-state index contributed by atoms with van der Waals surface area (Å²) in [4.78, 5) is 24.3. The number of amides is 1. The Morgan fingerprint density at radius 1 is 1.45 bits per heavy atom. The van der Waals surface area contributed by atoms with Crippen molar-refractivity contribution in [3.8, 4) is 11.3 Å². The van der Waals surface area contributed by atoms with Gasteiger partial charge in [-0.05, 0) is 52.3 Å². The summed E-state index contributed by atoms with van der Waals surface area (Å²) in [6, 6.07) is 4.06. The van der Waals surface area contributed by atoms with Crippen LogP contribution in [-0.4, -0.2) is 53.1 Å². The molecule has 3 aromatic rings. The number of carbonyl (C=O) groups is 1. The van der Waals surface area contributed by atoms with Crippen molar-refractivity contribution in [1.82, 2.24) is 20.3 Å². The monoisotopic (exact) mass is 563 g/mol. The van der Waals surface area contributed by atoms with Crippen LogP contribution in [0.15, 0.2) is 30.6 Å². The van der Waals surface area contributed by atoms with E-state index in [9.17, 15) is 18.7 Å². The van der Waals surface area contributed by atoms with Gasteiger partial charge < -0.3 is 20.7 Å². The number of halogens is 4. The molecule has 11 heteroatoms. The number of aryl methyl sites for hydroxylation is 1. The van der Waals surface area contributed by atoms with Gasteiger partial charge in [-0.3, -0.25) is 4.79 Å². The maximum Gasteiger partial charge on any atom is 0.308 e. The molecule has 3 heterocycles. The molecule has 1 amide bonds. The Kier molecular flexibility index (Phi) is 7.22. The minimum absolute atomic E-state index is 0.308. The predicted molar refractivity (Wildman–Crippen MR) is 127 cm³/mol. The van der Waals surface area contributed by atoms with E-state index >= 15 is 0 Å². The van der Waals surface area contributed by atoms with E-state index in [1.807, 2.05) is 6.92 Å². The molecular formula is C20H21ClF2IN5O2. The van der Waals surface area contributed by atoms with Crippen LogP contribution in [0.3, 0.4) is 0 Å². The van der Waals surface area contributed by atoms with Crippen molar-refractivity contribution in [1.29, 1.82) is 0 Å². The summed E-state index contributed by atoms with van der Waals surface area (Å²) in [6.45, 7) is 2.46. The maximum absolute atomic E-state index is 13.5. The van der Waals surface area contributed by atoms with Crippen LogP contribution in [0.25, 0.3) is 22.3 Å². The normalized spacial score (nSPS) is 13.7. The number of aromatic amines is 1. The smallest absolute Gasteiger partial charge is 0.308 e. The zero-order valence-corrected chi connectivity index (χ0v) is 19.6. The van der Waals surface area contributed by atoms with E-state index in [1.165, 1.54) is 13.1 Å². The Bertz CT molecular complexity index is 1120. The van der Waals surface area contributed by atoms with E-state index < -0.39 is 49.3 Å². The van der Waals surface area contributed by atoms with Gasteiger partial charge in [-0.25, -0.2) is 9.97 Å². The van der Waals surface area contributed by atoms with Crippen LogP contribution in [0, 0.1) is 6.92 Å². The summed E-state index contributed by atoms with van der Waals surface area (Å²) in [5.74, 6) is -0.443. The fourth-order valence-electron chi connectivity index (χ4n) is 2.96. The summed E-state index contributed by atoms with van der Waals surface area (Å²) < 4.78 is 27.2. The highest BCUT2D eigenvalue weighted by molar-refractivity contribution is 14.2. The lowest BCUT2D eigenvalue weighted by molar-refractivity contribution is -0.124. The first-order chi connectivity index (χ1) is 14.6. The summed E-state index contributed by atoms with van der Waals surface area (Å²) in [7, 11) is 0. The number of hydrogen-bond donors (Lipinski definition) is 4. The molecule has 3 rings (SSSR count). The molecule has 0 bridgehead atoms. The highest BCUT2D eigenvalue weighted by atomic mass is 127. The number of aliphatic hydroxyl groups excluding tert-OH is 1. The second-order valence-electron chi connectivity index (χ2n) is 6.94. The average Bonchev–Trinajstić information content (AvgIpc) is 3.14. The molecule has 166 valence electrons. The Morgan fingerprint density at radius 3 is 2.87 bits per heavy atom. The first-order valence-corrected chi connectivity index (χ1v) is 12.2. The van der Waals surface area contributed by atoms with E-state index in [2.05, 4.69) is 30.1 Å². The number of aromatic nitrogens is 3. The first kappa shape index (κ1) is 23.5. The van der Waals surface area contributed by atoms with Gasteiger partial charge in [0.05, 0.1) is 23.4 Å². The van der Waals surface area contributed by atoms with Crippen molar-refractivity contribution < 1.29 is 18.7 Å². The molecule has 0 saturated heterocycles. The SMILES string of the molecule is C=IC(F)(F)CNC(=O)[C@H](Nc1ccc(C)c(-c2c[nH]c3ncc(Cl)cc23)n1)[C@@H](C)O. The Balaban J connectivity index is 1.88. The number of nitrogens with one attached hydrogen (secondary N) is 3. The standard InChI is InChI=1S/C20H21ClF2IN5O2/c1-10-4-5-15(29-17(11(2)30)19(31)27-9-20(22,23)24-3)28-16(10)14-8-26-18-13(14)6-12(21)7-25-18/h4-8,11,17,30H,3,9H2,1-2H3,(H,25,26)(H,27,31)(H,28,29)/t11-,17-/m1/s1. The lowest BCUT2D eigenvalue weighted by Gasteiger charge is -2.23. The second kappa shape index (κ2) is 9.53. The molecule has 7 nitrogen and oxygen atoms in total. The van der Waals surface area contributed by atoms with Crippen LogP contribution >= 0.6 is 32.3 Å². The highest BCUT2D eigenvalue weighted by Crippen LogP contribution is 2.31. The zero-order valence-electron chi connectivity index (χ0n) is 16.7. The molecule has 0 aliphatic carbocycles. The summed E-state index contributed by atoms with van der Waals surface area (Å²) in [5.41, 5.74) is 2.90. The van der Waals surface area contributed by atoms with Gasteiger partial charge in [-0.2, -0.15) is 8.78 Å². The first-order valence-electron chi connectivity index (χ1n) is 9.21. The third kappa shape index (κ3) is 5.55. The number of hydrogen-bond acceptors (Lipinski definition) is 5. The van der Waals surface area contributed by atoms with Crippen molar-refractivity contribution in [3.63, 3.8) is 0 Å². The lowest BCUT2D eigenvalue weighted by Crippen LogP contribution is -2.48. The highest BCUT2D eigenvalue weighted by Gasteiger charge is 2.30. The fraction of sp³-hybridized carbons (Fsp3) is 0.300. The quantitative estimate of drug-likeness (QED) is 0.246. The second-order valence-corrected chi connectivity index (χ2v) is 9.72. The van der Waals surface area contributed by atoms with Gasteiger partial charge in [0.15, 0.2) is 0 Å². The maximum atomic E-state index is 13.5. The van der Waals surface area contributed by atoms with Gasteiger partial charge in [0.2, 0.25) is 5.91 Å². The minimum Gasteiger partial charge on any atom is -0.391 e. The number of aliphatic hydroxyl groups is 1. The molecule has 4 N–H and O–H groups in total. The van der Waals surface area contributed by atoms with Crippen LogP contribution in [0.4, 0.5) is 14.6 Å². The summed E-state index contributed by atoms with van der Waals surface area (Å²) >= 11 is 4.47. The van der Waals surface area contributed by atoms with Gasteiger partial charge in [0.25, 0.3) is 0 Å². The van der Waals surface area contributed by atoms with Crippen molar-refractivity contribution in [2.45, 2.75) is 29.9 Å². The van der Waals surface area contributed by atoms with Crippen LogP contribution in [0.5, 0.6) is 0 Å². The van der Waals surface area contributed by atoms with E-state index in [0.717, 1.165) is 16.5 Å². The zero-order chi connectivity index (χ0) is 22.8. The molecule has 0 aromatic carbocycles. The largest absolute Gasteiger partial charge is 0.391 e. The van der Waals surface area contributed by atoms with Gasteiger partial charge >= 0.3 is 3.93 Å². The number of carbonyl (C=O) groups excluding carboxylic acids is 1. The number of fused-ring (bicyclic) bond motifs is 1. The number of alkyl halides is 3. The van der Waals surface area contributed by atoms with Crippen molar-refractivity contribution >= 4 is 59.6 Å². The molecule has 0 spiro atoms. The molecule has 2 atom stereocenters. The number of H-pyrrole nitrogens is 1. The van der Waals surface area contributed by atoms with Crippen molar-refractivity contribution in [2.75, 3.05) is 11.9 Å². The van der Waals surface area contributed by atoms with Gasteiger partial charge in [-0.1, -0.05) is 22.2 Å². The average molecular weight is 564 g/mol. The van der Waals surface area contributed by atoms with E-state index in [-0.39, 0.29) is 0 Å². The van der Waals surface area contributed by atoms with Gasteiger partial charge in [0, 0.05) is 23.3 Å². The third-order valence-corrected chi connectivity index (χ3v) is 6.28. The van der Waals surface area contributed by atoms with E-state index in [0.29, 0.717) is 22.2 Å². The Labute approximate surface area is 192 Å². The number of anilines is 1. The third-order valence-electron chi connectivity index (χ3n) is 4.58. The molecular weight excluding hydrogens is 543 g/mol. The predicted octanol–water partition coefficient (Wildman–Crippen LogP) is 3.86. The topological polar surface area (TPSA) is 103 Å². The summed E-state index contributed by atoms with van der Waals surface area (Å²) in [5, 5.41) is 16.3. The van der Waals surface area contributed by atoms with Gasteiger partial charge in [0.1, 0.15) is 17.5 Å².